The predicted octanol–water partition coefficient (Wildman–Crippen LogP) is 2.60. The first-order valence-corrected chi connectivity index (χ1v) is 10.7. The molecule has 0 fully saturated rings. The van der Waals surface area contributed by atoms with Crippen LogP contribution >= 0.6 is 11.3 Å². The Hall–Kier alpha value is -2.23. The molecule has 0 unspecified atom stereocenters. The molecule has 1 amide bonds. The zero-order chi connectivity index (χ0) is 20.0. The highest BCUT2D eigenvalue weighted by molar-refractivity contribution is 7.91. The van der Waals surface area contributed by atoms with Crippen LogP contribution in [0.15, 0.2) is 39.9 Å². The lowest BCUT2D eigenvalue weighted by Crippen LogP contribution is -2.32. The molecule has 27 heavy (non-hydrogen) atoms. The van der Waals surface area contributed by atoms with Crippen molar-refractivity contribution < 1.29 is 22.7 Å². The number of thiophene rings is 1. The van der Waals surface area contributed by atoms with Crippen LogP contribution in [0.3, 0.4) is 0 Å². The standard InChI is InChI=1S/C18H22N2O5S2/c1-12-6-7-15(13(2)11-12)20-18(22)14(3)25-16(21)8-9-19-27(23,24)17-5-4-10-26-17/h4-7,10-11,14,19H,8-9H2,1-3H3,(H,20,22)/t14-/m0/s1. The van der Waals surface area contributed by atoms with Gasteiger partial charge < -0.3 is 10.1 Å². The summed E-state index contributed by atoms with van der Waals surface area (Å²) in [7, 11) is -3.62. The Labute approximate surface area is 162 Å². The fourth-order valence-electron chi connectivity index (χ4n) is 2.27. The van der Waals surface area contributed by atoms with Crippen LogP contribution in [0.1, 0.15) is 24.5 Å². The maximum absolute atomic E-state index is 12.2. The quantitative estimate of drug-likeness (QED) is 0.652. The van der Waals surface area contributed by atoms with Gasteiger partial charge in [0.15, 0.2) is 6.10 Å². The van der Waals surface area contributed by atoms with Crippen LogP contribution in [0.25, 0.3) is 0 Å². The summed E-state index contributed by atoms with van der Waals surface area (Å²) in [6.07, 6.45) is -1.17. The molecule has 0 spiro atoms. The number of carbonyl (C=O) groups is 2. The first-order valence-electron chi connectivity index (χ1n) is 8.30. The van der Waals surface area contributed by atoms with E-state index in [0.717, 1.165) is 22.5 Å². The molecule has 0 aliphatic heterocycles. The van der Waals surface area contributed by atoms with Crippen LogP contribution in [-0.4, -0.2) is 32.9 Å². The van der Waals surface area contributed by atoms with Crippen LogP contribution in [0.5, 0.6) is 0 Å². The number of amides is 1. The molecule has 0 saturated carbocycles. The second kappa shape index (κ2) is 9.12. The van der Waals surface area contributed by atoms with Gasteiger partial charge in [0.25, 0.3) is 5.91 Å². The summed E-state index contributed by atoms with van der Waals surface area (Å²) >= 11 is 1.09. The molecule has 0 aliphatic carbocycles. The summed E-state index contributed by atoms with van der Waals surface area (Å²) in [5, 5.41) is 4.37. The smallest absolute Gasteiger partial charge is 0.307 e. The highest BCUT2D eigenvalue weighted by Gasteiger charge is 2.20. The van der Waals surface area contributed by atoms with Gasteiger partial charge in [0, 0.05) is 12.2 Å². The zero-order valence-corrected chi connectivity index (χ0v) is 16.9. The van der Waals surface area contributed by atoms with Gasteiger partial charge in [0.2, 0.25) is 10.0 Å². The first-order chi connectivity index (χ1) is 12.7. The molecule has 0 saturated heterocycles. The highest BCUT2D eigenvalue weighted by atomic mass is 32.2. The van der Waals surface area contributed by atoms with E-state index < -0.39 is 28.0 Å². The third kappa shape index (κ3) is 6.16. The van der Waals surface area contributed by atoms with E-state index in [2.05, 4.69) is 10.0 Å². The number of hydrogen-bond acceptors (Lipinski definition) is 6. The normalized spacial score (nSPS) is 12.4. The van der Waals surface area contributed by atoms with E-state index in [1.807, 2.05) is 26.0 Å². The molecule has 0 bridgehead atoms. The topological polar surface area (TPSA) is 102 Å². The van der Waals surface area contributed by atoms with Gasteiger partial charge in [-0.3, -0.25) is 9.59 Å². The van der Waals surface area contributed by atoms with Crippen molar-refractivity contribution >= 4 is 38.9 Å². The second-order valence-electron chi connectivity index (χ2n) is 6.02. The fourth-order valence-corrected chi connectivity index (χ4v) is 4.34. The maximum Gasteiger partial charge on any atom is 0.307 e. The molecule has 9 heteroatoms. The minimum absolute atomic E-state index is 0.107. The summed E-state index contributed by atoms with van der Waals surface area (Å²) in [6, 6.07) is 8.70. The highest BCUT2D eigenvalue weighted by Crippen LogP contribution is 2.17. The number of ether oxygens (including phenoxy) is 1. The van der Waals surface area contributed by atoms with Crippen molar-refractivity contribution in [3.8, 4) is 0 Å². The van der Waals surface area contributed by atoms with E-state index in [0.29, 0.717) is 5.69 Å². The number of esters is 1. The summed E-state index contributed by atoms with van der Waals surface area (Å²) in [5.41, 5.74) is 2.64. The number of carbonyl (C=O) groups excluding carboxylic acids is 2. The SMILES string of the molecule is Cc1ccc(NC(=O)[C@H](C)OC(=O)CCNS(=O)(=O)c2cccs2)c(C)c1. The second-order valence-corrected chi connectivity index (χ2v) is 8.96. The minimum atomic E-state index is -3.62. The Kier molecular flexibility index (Phi) is 7.11. The van der Waals surface area contributed by atoms with Crippen molar-refractivity contribution in [1.29, 1.82) is 0 Å². The molecule has 7 nitrogen and oxygen atoms in total. The molecular formula is C18H22N2O5S2. The lowest BCUT2D eigenvalue weighted by molar-refractivity contribution is -0.152. The van der Waals surface area contributed by atoms with Gasteiger partial charge in [-0.05, 0) is 43.8 Å². The number of hydrogen-bond donors (Lipinski definition) is 2. The maximum atomic E-state index is 12.2. The van der Waals surface area contributed by atoms with Crippen molar-refractivity contribution in [3.63, 3.8) is 0 Å². The van der Waals surface area contributed by atoms with E-state index in [-0.39, 0.29) is 17.2 Å². The van der Waals surface area contributed by atoms with Crippen LogP contribution in [0, 0.1) is 13.8 Å². The third-order valence-electron chi connectivity index (χ3n) is 3.70. The lowest BCUT2D eigenvalue weighted by Gasteiger charge is -2.15. The molecule has 2 aromatic rings. The van der Waals surface area contributed by atoms with E-state index in [1.54, 1.807) is 17.5 Å². The molecule has 1 aromatic heterocycles. The monoisotopic (exact) mass is 410 g/mol. The van der Waals surface area contributed by atoms with E-state index in [9.17, 15) is 18.0 Å². The van der Waals surface area contributed by atoms with Crippen molar-refractivity contribution in [2.45, 2.75) is 37.5 Å². The number of anilines is 1. The number of nitrogens with one attached hydrogen (secondary N) is 2. The third-order valence-corrected chi connectivity index (χ3v) is 6.56. The first kappa shape index (κ1) is 21.1. The van der Waals surface area contributed by atoms with Gasteiger partial charge in [-0.1, -0.05) is 23.8 Å². The fraction of sp³-hybridized carbons (Fsp3) is 0.333. The van der Waals surface area contributed by atoms with Crippen LogP contribution in [0.4, 0.5) is 5.69 Å². The van der Waals surface area contributed by atoms with E-state index in [1.165, 1.54) is 13.0 Å². The Morgan fingerprint density at radius 2 is 1.96 bits per heavy atom. The van der Waals surface area contributed by atoms with Gasteiger partial charge in [-0.15, -0.1) is 11.3 Å². The summed E-state index contributed by atoms with van der Waals surface area (Å²) < 4.78 is 31.5. The summed E-state index contributed by atoms with van der Waals surface area (Å²) in [6.45, 7) is 5.19. The largest absolute Gasteiger partial charge is 0.452 e. The van der Waals surface area contributed by atoms with Crippen LogP contribution in [-0.2, 0) is 24.3 Å². The average molecular weight is 411 g/mol. The zero-order valence-electron chi connectivity index (χ0n) is 15.3. The van der Waals surface area contributed by atoms with Gasteiger partial charge in [0.05, 0.1) is 6.42 Å². The predicted molar refractivity (Wildman–Crippen MR) is 104 cm³/mol. The molecule has 2 rings (SSSR count). The molecule has 146 valence electrons. The van der Waals surface area contributed by atoms with Crippen molar-refractivity contribution in [2.24, 2.45) is 0 Å². The molecule has 0 radical (unpaired) electrons. The Balaban J connectivity index is 1.80. The molecular weight excluding hydrogens is 388 g/mol. The number of sulfonamides is 1. The molecule has 1 aromatic carbocycles. The van der Waals surface area contributed by atoms with Crippen LogP contribution < -0.4 is 10.0 Å². The molecule has 0 aliphatic rings. The summed E-state index contributed by atoms with van der Waals surface area (Å²) in [5.74, 6) is -1.11. The van der Waals surface area contributed by atoms with Gasteiger partial charge in [-0.25, -0.2) is 13.1 Å². The van der Waals surface area contributed by atoms with E-state index in [4.69, 9.17) is 4.74 Å². The van der Waals surface area contributed by atoms with Crippen molar-refractivity contribution in [2.75, 3.05) is 11.9 Å². The van der Waals surface area contributed by atoms with E-state index >= 15 is 0 Å². The lowest BCUT2D eigenvalue weighted by atomic mass is 10.1. The Morgan fingerprint density at radius 1 is 1.22 bits per heavy atom. The number of rotatable bonds is 8. The van der Waals surface area contributed by atoms with Crippen molar-refractivity contribution in [3.05, 3.63) is 46.8 Å². The molecule has 1 heterocycles. The number of aryl methyl sites for hydroxylation is 2. The van der Waals surface area contributed by atoms with Crippen molar-refractivity contribution in [1.82, 2.24) is 4.72 Å². The average Bonchev–Trinajstić information content (AvgIpc) is 3.12. The molecule has 1 atom stereocenters. The minimum Gasteiger partial charge on any atom is -0.452 e. The Morgan fingerprint density at radius 3 is 2.59 bits per heavy atom. The number of benzene rings is 1. The van der Waals surface area contributed by atoms with Gasteiger partial charge in [0.1, 0.15) is 4.21 Å². The Bertz CT molecular complexity index is 908. The molecule has 2 N–H and O–H groups in total. The van der Waals surface area contributed by atoms with Gasteiger partial charge in [-0.2, -0.15) is 0 Å². The van der Waals surface area contributed by atoms with Gasteiger partial charge >= 0.3 is 5.97 Å². The summed E-state index contributed by atoms with van der Waals surface area (Å²) in [4.78, 5) is 24.0. The van der Waals surface area contributed by atoms with Crippen LogP contribution in [0.2, 0.25) is 0 Å².